The van der Waals surface area contributed by atoms with Gasteiger partial charge in [-0.2, -0.15) is 0 Å². The number of aryl methyl sites for hydroxylation is 2. The summed E-state index contributed by atoms with van der Waals surface area (Å²) in [5, 5.41) is 3.05. The molecule has 0 aromatic heterocycles. The van der Waals surface area contributed by atoms with Crippen molar-refractivity contribution in [3.63, 3.8) is 0 Å². The number of benzene rings is 4. The van der Waals surface area contributed by atoms with Gasteiger partial charge in [0, 0.05) is 25.9 Å². The van der Waals surface area contributed by atoms with Gasteiger partial charge in [-0.3, -0.25) is 4.44 Å². The van der Waals surface area contributed by atoms with Crippen LogP contribution in [0.2, 0.25) is 0 Å². The fraction of sp³-hybridized carbons (Fsp3) is 0.294. The average Bonchev–Trinajstić information content (AvgIpc) is 3.38. The minimum Gasteiger partial charge on any atom is -0.251 e. The smallest absolute Gasteiger partial charge is 0.0324 e. The lowest BCUT2D eigenvalue weighted by Gasteiger charge is -2.43. The first-order valence-corrected chi connectivity index (χ1v) is 16.5. The van der Waals surface area contributed by atoms with Crippen LogP contribution in [0.4, 0.5) is 0 Å². The highest BCUT2D eigenvalue weighted by molar-refractivity contribution is 7.79. The van der Waals surface area contributed by atoms with Gasteiger partial charge in [-0.1, -0.05) is 123 Å². The van der Waals surface area contributed by atoms with E-state index in [-0.39, 0.29) is 0 Å². The van der Waals surface area contributed by atoms with E-state index in [2.05, 4.69) is 134 Å². The largest absolute Gasteiger partial charge is 0.251 e. The average molecular weight is 524 g/mol. The molecule has 2 atom stereocenters. The first kappa shape index (κ1) is 26.3. The Labute approximate surface area is 226 Å². The van der Waals surface area contributed by atoms with Crippen molar-refractivity contribution in [3.05, 3.63) is 131 Å². The van der Waals surface area contributed by atoms with Gasteiger partial charge in [0.05, 0.1) is 0 Å². The lowest BCUT2D eigenvalue weighted by atomic mass is 10.0. The molecule has 1 aliphatic rings. The predicted octanol–water partition coefficient (Wildman–Crippen LogP) is 9.43. The zero-order valence-electron chi connectivity index (χ0n) is 22.4. The van der Waals surface area contributed by atoms with Crippen molar-refractivity contribution in [1.29, 1.82) is 0 Å². The highest BCUT2D eigenvalue weighted by Gasteiger charge is 2.44. The topological polar surface area (TPSA) is 3.24 Å². The molecule has 1 fully saturated rings. The number of rotatable bonds is 9. The molecule has 5 rings (SSSR count). The maximum Gasteiger partial charge on any atom is 0.0324 e. The van der Waals surface area contributed by atoms with Gasteiger partial charge in [0.25, 0.3) is 0 Å². The fourth-order valence-corrected chi connectivity index (χ4v) is 13.5. The van der Waals surface area contributed by atoms with Crippen LogP contribution < -0.4 is 10.6 Å². The first-order valence-electron chi connectivity index (χ1n) is 13.8. The van der Waals surface area contributed by atoms with Crippen molar-refractivity contribution >= 4 is 26.8 Å². The molecule has 0 bridgehead atoms. The first-order chi connectivity index (χ1) is 18.2. The molecule has 4 aromatic rings. The van der Waals surface area contributed by atoms with Gasteiger partial charge in [-0.15, -0.1) is 0 Å². The Kier molecular flexibility index (Phi) is 8.89. The lowest BCUT2D eigenvalue weighted by molar-refractivity contribution is 0.632. The minimum absolute atomic E-state index is 0.449. The van der Waals surface area contributed by atoms with Gasteiger partial charge < -0.3 is 0 Å². The number of nitrogens with zero attached hydrogens (tertiary/aromatic N) is 1. The van der Waals surface area contributed by atoms with Crippen LogP contribution in [0.3, 0.4) is 0 Å². The maximum absolute atomic E-state index is 3.04. The van der Waals surface area contributed by atoms with Crippen LogP contribution in [0.25, 0.3) is 0 Å². The van der Waals surface area contributed by atoms with Crippen molar-refractivity contribution in [2.24, 2.45) is 0 Å². The van der Waals surface area contributed by atoms with E-state index >= 15 is 0 Å². The Hall–Kier alpha value is -2.30. The SMILES string of the molecule is CCCCN(P(c1ccccc1C)c1ccccc1C)P1[C@H](c2ccccc2)CC[C@H]1c1ccccc1. The van der Waals surface area contributed by atoms with Crippen molar-refractivity contribution in [2.45, 2.75) is 57.8 Å². The van der Waals surface area contributed by atoms with Crippen LogP contribution >= 0.6 is 16.1 Å². The van der Waals surface area contributed by atoms with E-state index in [9.17, 15) is 0 Å². The molecule has 4 aromatic carbocycles. The van der Waals surface area contributed by atoms with E-state index in [1.807, 2.05) is 0 Å². The van der Waals surface area contributed by atoms with Crippen molar-refractivity contribution in [3.8, 4) is 0 Å². The van der Waals surface area contributed by atoms with Crippen LogP contribution in [0, 0.1) is 13.8 Å². The second kappa shape index (κ2) is 12.5. The predicted molar refractivity (Wildman–Crippen MR) is 165 cm³/mol. The molecule has 0 amide bonds. The Morgan fingerprint density at radius 1 is 0.649 bits per heavy atom. The normalized spacial score (nSPS) is 18.1. The van der Waals surface area contributed by atoms with E-state index in [1.165, 1.54) is 58.5 Å². The van der Waals surface area contributed by atoms with Crippen LogP contribution in [0.15, 0.2) is 109 Å². The van der Waals surface area contributed by atoms with E-state index in [1.54, 1.807) is 0 Å². The van der Waals surface area contributed by atoms with Crippen molar-refractivity contribution in [2.75, 3.05) is 6.54 Å². The molecule has 3 heteroatoms. The highest BCUT2D eigenvalue weighted by atomic mass is 31.2. The summed E-state index contributed by atoms with van der Waals surface area (Å²) >= 11 is 0. The minimum atomic E-state index is -0.650. The Morgan fingerprint density at radius 3 is 1.51 bits per heavy atom. The van der Waals surface area contributed by atoms with Gasteiger partial charge >= 0.3 is 0 Å². The molecule has 1 heterocycles. The van der Waals surface area contributed by atoms with Crippen molar-refractivity contribution in [1.82, 2.24) is 4.44 Å². The van der Waals surface area contributed by atoms with Gasteiger partial charge in [0.2, 0.25) is 0 Å². The van der Waals surface area contributed by atoms with E-state index < -0.39 is 16.1 Å². The van der Waals surface area contributed by atoms with E-state index in [0.717, 1.165) is 6.54 Å². The molecule has 0 saturated carbocycles. The number of hydrogen-bond donors (Lipinski definition) is 0. The van der Waals surface area contributed by atoms with Crippen LogP contribution in [0.1, 0.15) is 66.2 Å². The second-order valence-corrected chi connectivity index (χ2v) is 15.0. The molecule has 0 radical (unpaired) electrons. The molecule has 1 nitrogen and oxygen atoms in total. The summed E-state index contributed by atoms with van der Waals surface area (Å²) in [6.45, 7) is 8.12. The third kappa shape index (κ3) is 5.76. The summed E-state index contributed by atoms with van der Waals surface area (Å²) < 4.78 is 3.04. The van der Waals surface area contributed by atoms with Crippen LogP contribution in [-0.4, -0.2) is 11.0 Å². The van der Waals surface area contributed by atoms with E-state index in [4.69, 9.17) is 0 Å². The summed E-state index contributed by atoms with van der Waals surface area (Å²) in [4.78, 5) is 0. The summed E-state index contributed by atoms with van der Waals surface area (Å²) in [7, 11) is -1.10. The molecule has 190 valence electrons. The fourth-order valence-electron chi connectivity index (χ4n) is 5.71. The zero-order chi connectivity index (χ0) is 25.6. The van der Waals surface area contributed by atoms with Gasteiger partial charge in [0.1, 0.15) is 0 Å². The zero-order valence-corrected chi connectivity index (χ0v) is 24.2. The van der Waals surface area contributed by atoms with Gasteiger partial charge in [-0.25, -0.2) is 0 Å². The Bertz CT molecular complexity index is 1180. The second-order valence-electron chi connectivity index (χ2n) is 10.1. The molecular formula is C34H39NP2. The molecule has 1 saturated heterocycles. The molecule has 1 aliphatic heterocycles. The highest BCUT2D eigenvalue weighted by Crippen LogP contribution is 2.76. The molecular weight excluding hydrogens is 484 g/mol. The molecule has 0 unspecified atom stereocenters. The van der Waals surface area contributed by atoms with E-state index in [0.29, 0.717) is 11.3 Å². The quantitative estimate of drug-likeness (QED) is 0.198. The number of unbranched alkanes of at least 4 members (excludes halogenated alkanes) is 1. The Morgan fingerprint density at radius 2 is 1.08 bits per heavy atom. The molecule has 37 heavy (non-hydrogen) atoms. The maximum atomic E-state index is 3.04. The monoisotopic (exact) mass is 523 g/mol. The summed E-state index contributed by atoms with van der Waals surface area (Å²) in [5.74, 6) is 0. The standard InChI is InChI=1S/C34H39NP2/c1-4-5-26-35(36(31-22-14-12-16-27(31)2)32-23-15-13-17-28(32)3)37-33(29-18-8-6-9-19-29)24-25-34(37)30-20-10-7-11-21-30/h6-23,33-34H,4-5,24-26H2,1-3H3/t33-,34-/m0/s1. The molecule has 0 N–H and O–H groups in total. The lowest BCUT2D eigenvalue weighted by Crippen LogP contribution is -2.30. The summed E-state index contributed by atoms with van der Waals surface area (Å²) in [5.41, 5.74) is 7.07. The van der Waals surface area contributed by atoms with Crippen molar-refractivity contribution < 1.29 is 0 Å². The Balaban J connectivity index is 1.70. The van der Waals surface area contributed by atoms with Gasteiger partial charge in [-0.05, 0) is 74.0 Å². The molecule has 0 spiro atoms. The third-order valence-electron chi connectivity index (χ3n) is 7.62. The number of hydrogen-bond acceptors (Lipinski definition) is 1. The van der Waals surface area contributed by atoms with Crippen LogP contribution in [-0.2, 0) is 0 Å². The summed E-state index contributed by atoms with van der Waals surface area (Å²) in [6.07, 6.45) is 4.99. The summed E-state index contributed by atoms with van der Waals surface area (Å²) in [6, 6.07) is 41.1. The molecule has 0 aliphatic carbocycles. The van der Waals surface area contributed by atoms with Gasteiger partial charge in [0.15, 0.2) is 0 Å². The third-order valence-corrected chi connectivity index (χ3v) is 14.5. The van der Waals surface area contributed by atoms with Crippen LogP contribution in [0.5, 0.6) is 0 Å².